The molecule has 0 amide bonds. The molecule has 0 bridgehead atoms. The van der Waals surface area contributed by atoms with Gasteiger partial charge in [0.2, 0.25) is 0 Å². The Morgan fingerprint density at radius 3 is 2.38 bits per heavy atom. The summed E-state index contributed by atoms with van der Waals surface area (Å²) < 4.78 is 46.5. The van der Waals surface area contributed by atoms with Crippen molar-refractivity contribution in [3.05, 3.63) is 0 Å². The smallest absolute Gasteiger partial charge is 0.350 e. The van der Waals surface area contributed by atoms with Crippen LogP contribution in [0.1, 0.15) is 13.3 Å². The molecule has 78 valence electrons. The molecule has 0 aromatic rings. The first kappa shape index (κ1) is 12.7. The van der Waals surface area contributed by atoms with Crippen molar-refractivity contribution in [1.82, 2.24) is 4.72 Å². The van der Waals surface area contributed by atoms with Crippen LogP contribution in [0.4, 0.5) is 8.78 Å². The molecule has 0 saturated carbocycles. The average molecular weight is 232 g/mol. The highest BCUT2D eigenvalue weighted by atomic mass is 32.2. The van der Waals surface area contributed by atoms with Crippen LogP contribution in [0, 0.1) is 0 Å². The van der Waals surface area contributed by atoms with Gasteiger partial charge in [-0.2, -0.15) is 8.78 Å². The van der Waals surface area contributed by atoms with Crippen LogP contribution in [-0.4, -0.2) is 25.2 Å². The fourth-order valence-corrected chi connectivity index (χ4v) is 1.67. The van der Waals surface area contributed by atoms with Gasteiger partial charge in [-0.25, -0.2) is 13.1 Å². The molecule has 0 spiro atoms. The normalized spacial score (nSPS) is 14.5. The lowest BCUT2D eigenvalue weighted by molar-refractivity contribution is 0.231. The van der Waals surface area contributed by atoms with Gasteiger partial charge in [0.15, 0.2) is 0 Å². The average Bonchev–Trinajstić information content (AvgIpc) is 1.82. The fourth-order valence-electron chi connectivity index (χ4n) is 0.675. The van der Waals surface area contributed by atoms with Crippen LogP contribution in [0.5, 0.6) is 0 Å². The minimum Gasteiger partial charge on any atom is -0.393 e. The number of hydrogen-bond donors (Lipinski definition) is 2. The SMILES string of the molecule is CC(CC(N)=S)NS(=O)(=O)C(F)F. The summed E-state index contributed by atoms with van der Waals surface area (Å²) in [5.41, 5.74) is 5.10. The quantitative estimate of drug-likeness (QED) is 0.664. The third-order valence-corrected chi connectivity index (χ3v) is 2.47. The number of hydrogen-bond acceptors (Lipinski definition) is 3. The van der Waals surface area contributed by atoms with Gasteiger partial charge >= 0.3 is 5.76 Å². The highest BCUT2D eigenvalue weighted by molar-refractivity contribution is 7.89. The maximum absolute atomic E-state index is 11.8. The summed E-state index contributed by atoms with van der Waals surface area (Å²) in [7, 11) is -4.54. The van der Waals surface area contributed by atoms with Crippen molar-refractivity contribution >= 4 is 27.2 Å². The lowest BCUT2D eigenvalue weighted by atomic mass is 10.3. The molecule has 0 aliphatic heterocycles. The fraction of sp³-hybridized carbons (Fsp3) is 0.800. The Balaban J connectivity index is 4.21. The summed E-state index contributed by atoms with van der Waals surface area (Å²) in [5.74, 6) is -3.43. The lowest BCUT2D eigenvalue weighted by Crippen LogP contribution is -2.38. The number of nitrogens with one attached hydrogen (secondary N) is 1. The number of nitrogens with two attached hydrogens (primary N) is 1. The molecular formula is C5H10F2N2O2S2. The third kappa shape index (κ3) is 5.06. The summed E-state index contributed by atoms with van der Waals surface area (Å²) in [6.45, 7) is 1.40. The van der Waals surface area contributed by atoms with E-state index in [1.54, 1.807) is 4.72 Å². The third-order valence-electron chi connectivity index (χ3n) is 1.11. The van der Waals surface area contributed by atoms with Gasteiger partial charge < -0.3 is 5.73 Å². The number of alkyl halides is 2. The molecule has 0 aliphatic rings. The van der Waals surface area contributed by atoms with E-state index >= 15 is 0 Å². The molecule has 3 N–H and O–H groups in total. The molecule has 0 aromatic heterocycles. The van der Waals surface area contributed by atoms with Crippen molar-refractivity contribution < 1.29 is 17.2 Å². The number of sulfonamides is 1. The Morgan fingerprint density at radius 2 is 2.08 bits per heavy atom. The highest BCUT2D eigenvalue weighted by Crippen LogP contribution is 2.04. The summed E-state index contributed by atoms with van der Waals surface area (Å²) in [6, 6.07) is -0.712. The van der Waals surface area contributed by atoms with Crippen LogP contribution in [0.2, 0.25) is 0 Å². The standard InChI is InChI=1S/C5H10F2N2O2S2/c1-3(2-4(8)12)9-13(10,11)5(6)7/h3,5,9H,2H2,1H3,(H2,8,12). The van der Waals surface area contributed by atoms with Crippen molar-refractivity contribution in [3.8, 4) is 0 Å². The zero-order valence-electron chi connectivity index (χ0n) is 6.83. The predicted octanol–water partition coefficient (Wildman–Crippen LogP) is 0.193. The second kappa shape index (κ2) is 4.77. The predicted molar refractivity (Wildman–Crippen MR) is 48.9 cm³/mol. The van der Waals surface area contributed by atoms with Crippen molar-refractivity contribution in [2.75, 3.05) is 0 Å². The maximum Gasteiger partial charge on any atom is 0.350 e. The van der Waals surface area contributed by atoms with Crippen molar-refractivity contribution in [1.29, 1.82) is 0 Å². The first-order valence-corrected chi connectivity index (χ1v) is 5.28. The van der Waals surface area contributed by atoms with E-state index < -0.39 is 21.8 Å². The molecule has 1 unspecified atom stereocenters. The van der Waals surface area contributed by atoms with E-state index in [0.717, 1.165) is 0 Å². The molecular weight excluding hydrogens is 222 g/mol. The van der Waals surface area contributed by atoms with Gasteiger partial charge in [0.05, 0.1) is 4.99 Å². The van der Waals surface area contributed by atoms with Crippen LogP contribution < -0.4 is 10.5 Å². The van der Waals surface area contributed by atoms with Crippen LogP contribution in [0.3, 0.4) is 0 Å². The topological polar surface area (TPSA) is 72.2 Å². The van der Waals surface area contributed by atoms with E-state index in [4.69, 9.17) is 5.73 Å². The monoisotopic (exact) mass is 232 g/mol. The molecule has 1 atom stereocenters. The Bertz CT molecular complexity index is 278. The van der Waals surface area contributed by atoms with Gasteiger partial charge in [0.1, 0.15) is 0 Å². The van der Waals surface area contributed by atoms with Gasteiger partial charge in [-0.15, -0.1) is 0 Å². The van der Waals surface area contributed by atoms with E-state index in [1.165, 1.54) is 6.92 Å². The first-order valence-electron chi connectivity index (χ1n) is 3.33. The number of thiocarbonyl (C=S) groups is 1. The molecule has 0 aromatic carbocycles. The molecule has 0 saturated heterocycles. The second-order valence-electron chi connectivity index (χ2n) is 2.49. The minimum absolute atomic E-state index is 0.0568. The van der Waals surface area contributed by atoms with Crippen LogP contribution in [0.15, 0.2) is 0 Å². The summed E-state index contributed by atoms with van der Waals surface area (Å²) in [6.07, 6.45) is 0.0568. The summed E-state index contributed by atoms with van der Waals surface area (Å²) in [4.78, 5) is 0.0736. The van der Waals surface area contributed by atoms with E-state index in [-0.39, 0.29) is 11.4 Å². The molecule has 13 heavy (non-hydrogen) atoms. The second-order valence-corrected chi connectivity index (χ2v) is 4.70. The van der Waals surface area contributed by atoms with Crippen molar-refractivity contribution in [2.24, 2.45) is 5.73 Å². The van der Waals surface area contributed by atoms with Gasteiger partial charge in [-0.1, -0.05) is 12.2 Å². The number of rotatable bonds is 5. The van der Waals surface area contributed by atoms with E-state index in [9.17, 15) is 17.2 Å². The Morgan fingerprint density at radius 1 is 1.62 bits per heavy atom. The van der Waals surface area contributed by atoms with Crippen LogP contribution in [0.25, 0.3) is 0 Å². The van der Waals surface area contributed by atoms with Crippen LogP contribution >= 0.6 is 12.2 Å². The molecule has 8 heteroatoms. The molecule has 0 radical (unpaired) electrons. The molecule has 0 rings (SSSR count). The minimum atomic E-state index is -4.54. The Hall–Kier alpha value is -0.340. The van der Waals surface area contributed by atoms with Gasteiger partial charge in [0.25, 0.3) is 10.0 Å². The first-order chi connectivity index (χ1) is 5.75. The summed E-state index contributed by atoms with van der Waals surface area (Å²) in [5, 5.41) is 0. The van der Waals surface area contributed by atoms with E-state index in [1.807, 2.05) is 0 Å². The molecule has 0 heterocycles. The molecule has 4 nitrogen and oxygen atoms in total. The number of halogens is 2. The van der Waals surface area contributed by atoms with E-state index in [2.05, 4.69) is 12.2 Å². The van der Waals surface area contributed by atoms with Gasteiger partial charge in [-0.05, 0) is 6.92 Å². The Labute approximate surface area is 80.5 Å². The Kier molecular flexibility index (Phi) is 4.65. The van der Waals surface area contributed by atoms with Gasteiger partial charge in [-0.3, -0.25) is 0 Å². The molecule has 0 aliphatic carbocycles. The molecule has 0 fully saturated rings. The van der Waals surface area contributed by atoms with Crippen molar-refractivity contribution in [3.63, 3.8) is 0 Å². The lowest BCUT2D eigenvalue weighted by Gasteiger charge is -2.12. The van der Waals surface area contributed by atoms with Crippen LogP contribution in [-0.2, 0) is 10.0 Å². The maximum atomic E-state index is 11.8. The van der Waals surface area contributed by atoms with E-state index in [0.29, 0.717) is 0 Å². The summed E-state index contributed by atoms with van der Waals surface area (Å²) >= 11 is 4.48. The highest BCUT2D eigenvalue weighted by Gasteiger charge is 2.25. The zero-order valence-corrected chi connectivity index (χ0v) is 8.46. The largest absolute Gasteiger partial charge is 0.393 e. The van der Waals surface area contributed by atoms with Gasteiger partial charge in [0, 0.05) is 12.5 Å². The van der Waals surface area contributed by atoms with Crippen molar-refractivity contribution in [2.45, 2.75) is 25.1 Å². The zero-order chi connectivity index (χ0) is 10.6.